The van der Waals surface area contributed by atoms with Crippen LogP contribution in [-0.4, -0.2) is 27.4 Å². The number of nitrogens with zero attached hydrogens (tertiary/aromatic N) is 1. The van der Waals surface area contributed by atoms with Gasteiger partial charge in [0.25, 0.3) is 0 Å². The van der Waals surface area contributed by atoms with E-state index >= 15 is 0 Å². The number of aryl methyl sites for hydroxylation is 1. The number of anilines is 2. The van der Waals surface area contributed by atoms with Crippen LogP contribution in [-0.2, 0) is 21.2 Å². The van der Waals surface area contributed by atoms with Crippen molar-refractivity contribution in [2.45, 2.75) is 62.3 Å². The molecule has 37 heavy (non-hydrogen) atoms. The zero-order valence-electron chi connectivity index (χ0n) is 21.3. The van der Waals surface area contributed by atoms with Crippen molar-refractivity contribution in [3.63, 3.8) is 0 Å². The van der Waals surface area contributed by atoms with E-state index in [9.17, 15) is 13.2 Å². The molecule has 1 fully saturated rings. The minimum absolute atomic E-state index is 0.139. The molecule has 1 amide bonds. The zero-order valence-corrected chi connectivity index (χ0v) is 22.1. The van der Waals surface area contributed by atoms with E-state index in [1.165, 1.54) is 5.56 Å². The maximum absolute atomic E-state index is 13.9. The second kappa shape index (κ2) is 11.1. The molecule has 0 unspecified atom stereocenters. The molecular formula is C30H35N3O3S. The summed E-state index contributed by atoms with van der Waals surface area (Å²) in [6, 6.07) is 22.8. The number of benzene rings is 3. The van der Waals surface area contributed by atoms with Crippen LogP contribution in [0.1, 0.15) is 67.7 Å². The number of carbonyl (C=O) groups is 1. The number of hydrogen-bond donors (Lipinski definition) is 2. The molecule has 1 heterocycles. The molecule has 0 bridgehead atoms. The highest BCUT2D eigenvalue weighted by Crippen LogP contribution is 2.35. The maximum Gasteiger partial charge on any atom is 0.243 e. The highest BCUT2D eigenvalue weighted by molar-refractivity contribution is 7.89. The Hall–Kier alpha value is -3.16. The summed E-state index contributed by atoms with van der Waals surface area (Å²) in [6.07, 6.45) is 5.40. The smallest absolute Gasteiger partial charge is 0.243 e. The summed E-state index contributed by atoms with van der Waals surface area (Å²) in [5.41, 5.74) is 4.39. The van der Waals surface area contributed by atoms with Gasteiger partial charge in [0.05, 0.1) is 11.6 Å². The van der Waals surface area contributed by atoms with Gasteiger partial charge in [-0.05, 0) is 73.4 Å². The van der Waals surface area contributed by atoms with Crippen LogP contribution in [0, 0.1) is 0 Å². The quantitative estimate of drug-likeness (QED) is 0.397. The Balaban J connectivity index is 1.45. The maximum atomic E-state index is 13.9. The first kappa shape index (κ1) is 25.5. The van der Waals surface area contributed by atoms with Crippen molar-refractivity contribution in [2.24, 2.45) is 0 Å². The van der Waals surface area contributed by atoms with Crippen molar-refractivity contribution in [1.29, 1.82) is 0 Å². The lowest BCUT2D eigenvalue weighted by molar-refractivity contribution is -0.117. The molecule has 1 aliphatic carbocycles. The predicted octanol–water partition coefficient (Wildman–Crippen LogP) is 5.78. The number of nitrogens with one attached hydrogen (secondary N) is 2. The topological polar surface area (TPSA) is 78.5 Å². The number of sulfonamides is 1. The van der Waals surface area contributed by atoms with Crippen molar-refractivity contribution in [3.8, 4) is 0 Å². The molecule has 6 nitrogen and oxygen atoms in total. The molecule has 2 N–H and O–H groups in total. The lowest BCUT2D eigenvalue weighted by Crippen LogP contribution is -2.32. The predicted molar refractivity (Wildman–Crippen MR) is 148 cm³/mol. The van der Waals surface area contributed by atoms with Crippen molar-refractivity contribution in [1.82, 2.24) is 4.72 Å². The second-order valence-corrected chi connectivity index (χ2v) is 11.7. The summed E-state index contributed by atoms with van der Waals surface area (Å²) in [6.45, 7) is 3.63. The van der Waals surface area contributed by atoms with Crippen molar-refractivity contribution >= 4 is 27.3 Å². The summed E-state index contributed by atoms with van der Waals surface area (Å²) in [4.78, 5) is 15.6. The average molecular weight is 518 g/mol. The van der Waals surface area contributed by atoms with Crippen LogP contribution in [0.2, 0.25) is 0 Å². The molecule has 2 aliphatic rings. The molecule has 0 radical (unpaired) electrons. The van der Waals surface area contributed by atoms with Crippen LogP contribution >= 0.6 is 0 Å². The van der Waals surface area contributed by atoms with Gasteiger partial charge in [-0.2, -0.15) is 0 Å². The molecule has 0 saturated carbocycles. The molecule has 2 atom stereocenters. The van der Waals surface area contributed by atoms with E-state index in [-0.39, 0.29) is 22.8 Å². The van der Waals surface area contributed by atoms with Gasteiger partial charge in [-0.25, -0.2) is 13.1 Å². The van der Waals surface area contributed by atoms with Gasteiger partial charge in [-0.1, -0.05) is 61.5 Å². The van der Waals surface area contributed by atoms with E-state index in [0.717, 1.165) is 56.3 Å². The third-order valence-corrected chi connectivity index (χ3v) is 9.06. The summed E-state index contributed by atoms with van der Waals surface area (Å²) in [7, 11) is -3.85. The fourth-order valence-electron chi connectivity index (χ4n) is 5.64. The third-order valence-electron chi connectivity index (χ3n) is 7.56. The van der Waals surface area contributed by atoms with Gasteiger partial charge in [0.1, 0.15) is 4.90 Å². The molecular weight excluding hydrogens is 482 g/mol. The number of amides is 1. The van der Waals surface area contributed by atoms with Crippen LogP contribution < -0.4 is 14.9 Å². The van der Waals surface area contributed by atoms with Crippen LogP contribution in [0.25, 0.3) is 0 Å². The molecule has 5 rings (SSSR count). The normalized spacial score (nSPS) is 18.3. The first-order valence-electron chi connectivity index (χ1n) is 13.3. The Morgan fingerprint density at radius 2 is 1.70 bits per heavy atom. The van der Waals surface area contributed by atoms with Gasteiger partial charge >= 0.3 is 0 Å². The number of carbonyl (C=O) groups excluding carboxylic acids is 1. The Morgan fingerprint density at radius 1 is 0.973 bits per heavy atom. The fraction of sp³-hybridized carbons (Fsp3) is 0.367. The molecule has 0 spiro atoms. The summed E-state index contributed by atoms with van der Waals surface area (Å²) in [5.74, 6) is -0.448. The van der Waals surface area contributed by atoms with E-state index in [1.54, 1.807) is 6.07 Å². The Morgan fingerprint density at radius 3 is 2.46 bits per heavy atom. The molecule has 7 heteroatoms. The Labute approximate surface area is 220 Å². The Bertz CT molecular complexity index is 1350. The molecule has 0 aromatic heterocycles. The minimum atomic E-state index is -3.85. The first-order valence-corrected chi connectivity index (χ1v) is 14.8. The standard InChI is InChI=1S/C30H35N3O3S/c1-2-25(22-11-4-3-5-12-22)30(34)31-24-17-18-28(33-19-8-9-20-33)29(21-24)37(35,36)32-27-16-10-14-23-13-6-7-15-26(23)27/h3-7,11-13,15,17-18,21,25,27,32H,2,8-10,14,16,19-20H2,1H3,(H,31,34)/t25-,27-/m0/s1. The fourth-order valence-corrected chi connectivity index (χ4v) is 7.14. The van der Waals surface area contributed by atoms with E-state index in [0.29, 0.717) is 17.8 Å². The van der Waals surface area contributed by atoms with Crippen molar-refractivity contribution in [2.75, 3.05) is 23.3 Å². The van der Waals surface area contributed by atoms with Crippen LogP contribution in [0.5, 0.6) is 0 Å². The first-order chi connectivity index (χ1) is 18.0. The minimum Gasteiger partial charge on any atom is -0.370 e. The average Bonchev–Trinajstić information content (AvgIpc) is 3.45. The van der Waals surface area contributed by atoms with E-state index in [1.807, 2.05) is 67.6 Å². The summed E-state index contributed by atoms with van der Waals surface area (Å²) in [5, 5.41) is 2.99. The molecule has 1 aliphatic heterocycles. The lowest BCUT2D eigenvalue weighted by Gasteiger charge is -2.28. The second-order valence-electron chi connectivity index (χ2n) is 10.0. The van der Waals surface area contributed by atoms with E-state index in [4.69, 9.17) is 0 Å². The highest BCUT2D eigenvalue weighted by Gasteiger charge is 2.30. The van der Waals surface area contributed by atoms with Crippen LogP contribution in [0.3, 0.4) is 0 Å². The number of hydrogen-bond acceptors (Lipinski definition) is 4. The molecule has 3 aromatic rings. The SMILES string of the molecule is CC[C@H](C(=O)Nc1ccc(N2CCCC2)c(S(=O)(=O)N[C@H]2CCCc3ccccc32)c1)c1ccccc1. The summed E-state index contributed by atoms with van der Waals surface area (Å²) >= 11 is 0. The highest BCUT2D eigenvalue weighted by atomic mass is 32.2. The van der Waals surface area contributed by atoms with Gasteiger partial charge < -0.3 is 10.2 Å². The monoisotopic (exact) mass is 517 g/mol. The van der Waals surface area contributed by atoms with Crippen molar-refractivity contribution < 1.29 is 13.2 Å². The largest absolute Gasteiger partial charge is 0.370 e. The zero-order chi connectivity index (χ0) is 25.8. The molecule has 3 aromatic carbocycles. The Kier molecular flexibility index (Phi) is 7.63. The molecule has 1 saturated heterocycles. The van der Waals surface area contributed by atoms with Crippen molar-refractivity contribution in [3.05, 3.63) is 89.5 Å². The van der Waals surface area contributed by atoms with Gasteiger partial charge in [0.15, 0.2) is 0 Å². The van der Waals surface area contributed by atoms with Gasteiger partial charge in [0.2, 0.25) is 15.9 Å². The number of fused-ring (bicyclic) bond motifs is 1. The van der Waals surface area contributed by atoms with Crippen LogP contribution in [0.4, 0.5) is 11.4 Å². The van der Waals surface area contributed by atoms with Gasteiger partial charge in [-0.3, -0.25) is 4.79 Å². The van der Waals surface area contributed by atoms with Gasteiger partial charge in [-0.15, -0.1) is 0 Å². The lowest BCUT2D eigenvalue weighted by atomic mass is 9.88. The van der Waals surface area contributed by atoms with E-state index < -0.39 is 10.0 Å². The van der Waals surface area contributed by atoms with Crippen LogP contribution in [0.15, 0.2) is 77.7 Å². The van der Waals surface area contributed by atoms with Gasteiger partial charge in [0, 0.05) is 24.8 Å². The number of rotatable bonds is 8. The summed E-state index contributed by atoms with van der Waals surface area (Å²) < 4.78 is 30.8. The third kappa shape index (κ3) is 5.58. The molecule has 194 valence electrons. The van der Waals surface area contributed by atoms with E-state index in [2.05, 4.69) is 21.0 Å².